The van der Waals surface area contributed by atoms with Gasteiger partial charge in [0.15, 0.2) is 0 Å². The number of aryl methyl sites for hydroxylation is 1. The third-order valence-electron chi connectivity index (χ3n) is 4.35. The molecule has 0 bridgehead atoms. The highest BCUT2D eigenvalue weighted by molar-refractivity contribution is 5.96. The fourth-order valence-corrected chi connectivity index (χ4v) is 3.34. The zero-order chi connectivity index (χ0) is 13.2. The summed E-state index contributed by atoms with van der Waals surface area (Å²) in [6.45, 7) is 4.02. The summed E-state index contributed by atoms with van der Waals surface area (Å²) >= 11 is 0. The summed E-state index contributed by atoms with van der Waals surface area (Å²) in [5, 5.41) is 3.42. The number of hydrogen-bond donors (Lipinski definition) is 1. The molecule has 2 aliphatic heterocycles. The molecule has 0 spiro atoms. The Balaban J connectivity index is 1.81. The van der Waals surface area contributed by atoms with Crippen LogP contribution in [0.3, 0.4) is 0 Å². The first-order valence-corrected chi connectivity index (χ1v) is 7.38. The van der Waals surface area contributed by atoms with Crippen molar-refractivity contribution in [3.8, 4) is 0 Å². The fraction of sp³-hybridized carbons (Fsp3) is 0.562. The number of para-hydroxylation sites is 1. The molecule has 0 radical (unpaired) electrons. The minimum Gasteiger partial charge on any atom is -0.314 e. The van der Waals surface area contributed by atoms with Gasteiger partial charge < -0.3 is 10.2 Å². The number of hydrogen-bond acceptors (Lipinski definition) is 2. The maximum absolute atomic E-state index is 12.8. The van der Waals surface area contributed by atoms with Crippen molar-refractivity contribution in [3.63, 3.8) is 0 Å². The van der Waals surface area contributed by atoms with E-state index in [0.717, 1.165) is 44.5 Å². The summed E-state index contributed by atoms with van der Waals surface area (Å²) < 4.78 is 0. The minimum atomic E-state index is 0.197. The highest BCUT2D eigenvalue weighted by atomic mass is 16.2. The molecule has 3 nitrogen and oxygen atoms in total. The van der Waals surface area contributed by atoms with Crippen LogP contribution in [-0.2, 0) is 11.2 Å². The van der Waals surface area contributed by atoms with Crippen LogP contribution in [0.2, 0.25) is 0 Å². The molecule has 1 N–H and O–H groups in total. The Bertz CT molecular complexity index is 472. The van der Waals surface area contributed by atoms with Crippen LogP contribution in [0.1, 0.15) is 31.7 Å². The van der Waals surface area contributed by atoms with Crippen molar-refractivity contribution in [1.29, 1.82) is 0 Å². The average Bonchev–Trinajstić information content (AvgIpc) is 2.46. The van der Waals surface area contributed by atoms with Gasteiger partial charge in [-0.2, -0.15) is 0 Å². The van der Waals surface area contributed by atoms with E-state index in [0.29, 0.717) is 11.9 Å². The van der Waals surface area contributed by atoms with Crippen molar-refractivity contribution in [3.05, 3.63) is 29.8 Å². The number of nitrogens with one attached hydrogen (secondary N) is 1. The van der Waals surface area contributed by atoms with E-state index < -0.39 is 0 Å². The smallest absolute Gasteiger partial charge is 0.230 e. The number of piperidine rings is 1. The topological polar surface area (TPSA) is 32.3 Å². The lowest BCUT2D eigenvalue weighted by molar-refractivity contribution is -0.123. The van der Waals surface area contributed by atoms with Gasteiger partial charge in [-0.05, 0) is 50.8 Å². The van der Waals surface area contributed by atoms with Crippen molar-refractivity contribution < 1.29 is 4.79 Å². The molecule has 3 rings (SSSR count). The zero-order valence-corrected chi connectivity index (χ0v) is 11.6. The monoisotopic (exact) mass is 258 g/mol. The zero-order valence-electron chi connectivity index (χ0n) is 11.6. The van der Waals surface area contributed by atoms with Crippen molar-refractivity contribution in [2.45, 2.75) is 38.6 Å². The number of rotatable bonds is 1. The van der Waals surface area contributed by atoms with Crippen molar-refractivity contribution >= 4 is 11.6 Å². The van der Waals surface area contributed by atoms with Gasteiger partial charge in [-0.3, -0.25) is 4.79 Å². The molecule has 1 aromatic carbocycles. The standard InChI is InChI=1S/C16H22N2O/c1-12-11-14(8-9-17-12)16(19)18-10-4-6-13-5-2-3-7-15(13)18/h2-3,5,7,12,14,17H,4,6,8-11H2,1H3. The fourth-order valence-electron chi connectivity index (χ4n) is 3.34. The van der Waals surface area contributed by atoms with Crippen LogP contribution in [0.4, 0.5) is 5.69 Å². The molecule has 0 aliphatic carbocycles. The highest BCUT2D eigenvalue weighted by Gasteiger charge is 2.31. The first-order chi connectivity index (χ1) is 9.25. The molecule has 19 heavy (non-hydrogen) atoms. The van der Waals surface area contributed by atoms with Gasteiger partial charge >= 0.3 is 0 Å². The molecule has 2 unspecified atom stereocenters. The van der Waals surface area contributed by atoms with E-state index in [-0.39, 0.29) is 5.92 Å². The van der Waals surface area contributed by atoms with E-state index in [2.05, 4.69) is 30.4 Å². The summed E-state index contributed by atoms with van der Waals surface area (Å²) in [4.78, 5) is 14.8. The van der Waals surface area contributed by atoms with Crippen molar-refractivity contribution in [2.24, 2.45) is 5.92 Å². The third kappa shape index (κ3) is 2.52. The maximum Gasteiger partial charge on any atom is 0.230 e. The Labute approximate surface area is 115 Å². The van der Waals surface area contributed by atoms with Crippen LogP contribution in [0, 0.1) is 5.92 Å². The van der Waals surface area contributed by atoms with E-state index >= 15 is 0 Å². The highest BCUT2D eigenvalue weighted by Crippen LogP contribution is 2.30. The maximum atomic E-state index is 12.8. The molecule has 102 valence electrons. The quantitative estimate of drug-likeness (QED) is 0.838. The second kappa shape index (κ2) is 5.33. The predicted molar refractivity (Wildman–Crippen MR) is 77.3 cm³/mol. The minimum absolute atomic E-state index is 0.197. The van der Waals surface area contributed by atoms with Gasteiger partial charge in [0.05, 0.1) is 0 Å². The second-order valence-corrected chi connectivity index (χ2v) is 5.80. The van der Waals surface area contributed by atoms with Crippen LogP contribution in [0.25, 0.3) is 0 Å². The van der Waals surface area contributed by atoms with E-state index in [4.69, 9.17) is 0 Å². The van der Waals surface area contributed by atoms with Gasteiger partial charge in [-0.1, -0.05) is 18.2 Å². The first-order valence-electron chi connectivity index (χ1n) is 7.38. The van der Waals surface area contributed by atoms with Crippen molar-refractivity contribution in [1.82, 2.24) is 5.32 Å². The van der Waals surface area contributed by atoms with Gasteiger partial charge in [0.2, 0.25) is 5.91 Å². The third-order valence-corrected chi connectivity index (χ3v) is 4.35. The number of anilines is 1. The van der Waals surface area contributed by atoms with Gasteiger partial charge in [0.1, 0.15) is 0 Å². The Morgan fingerprint density at radius 2 is 2.21 bits per heavy atom. The Kier molecular flexibility index (Phi) is 3.56. The largest absolute Gasteiger partial charge is 0.314 e. The molecule has 0 saturated carbocycles. The summed E-state index contributed by atoms with van der Waals surface area (Å²) in [6.07, 6.45) is 4.13. The summed E-state index contributed by atoms with van der Waals surface area (Å²) in [7, 11) is 0. The van der Waals surface area contributed by atoms with Crippen molar-refractivity contribution in [2.75, 3.05) is 18.0 Å². The lowest BCUT2D eigenvalue weighted by Crippen LogP contribution is -2.45. The van der Waals surface area contributed by atoms with Gasteiger partial charge in [-0.25, -0.2) is 0 Å². The number of carbonyl (C=O) groups excluding carboxylic acids is 1. The molecular weight excluding hydrogens is 236 g/mol. The van der Waals surface area contributed by atoms with Crippen LogP contribution in [-0.4, -0.2) is 25.0 Å². The molecule has 2 aliphatic rings. The molecule has 2 heterocycles. The Morgan fingerprint density at radius 3 is 3.05 bits per heavy atom. The molecule has 3 heteroatoms. The van der Waals surface area contributed by atoms with Crippen LogP contribution >= 0.6 is 0 Å². The van der Waals surface area contributed by atoms with Crippen LogP contribution < -0.4 is 10.2 Å². The predicted octanol–water partition coefficient (Wildman–Crippen LogP) is 2.35. The molecule has 2 atom stereocenters. The van der Waals surface area contributed by atoms with Gasteiger partial charge in [-0.15, -0.1) is 0 Å². The molecular formula is C16H22N2O. The number of fused-ring (bicyclic) bond motifs is 1. The molecule has 1 amide bonds. The van der Waals surface area contributed by atoms with Crippen LogP contribution in [0.15, 0.2) is 24.3 Å². The number of nitrogens with zero attached hydrogens (tertiary/aromatic N) is 1. The average molecular weight is 258 g/mol. The number of benzene rings is 1. The molecule has 1 saturated heterocycles. The normalized spacial score (nSPS) is 26.9. The van der Waals surface area contributed by atoms with E-state index in [1.54, 1.807) is 0 Å². The van der Waals surface area contributed by atoms with E-state index in [9.17, 15) is 4.79 Å². The second-order valence-electron chi connectivity index (χ2n) is 5.80. The lowest BCUT2D eigenvalue weighted by Gasteiger charge is -2.35. The first kappa shape index (κ1) is 12.7. The summed E-state index contributed by atoms with van der Waals surface area (Å²) in [5.41, 5.74) is 2.47. The van der Waals surface area contributed by atoms with Gasteiger partial charge in [0.25, 0.3) is 0 Å². The molecule has 0 aromatic heterocycles. The van der Waals surface area contributed by atoms with E-state index in [1.165, 1.54) is 5.56 Å². The summed E-state index contributed by atoms with van der Waals surface area (Å²) in [6, 6.07) is 8.81. The molecule has 1 aromatic rings. The van der Waals surface area contributed by atoms with Crippen LogP contribution in [0.5, 0.6) is 0 Å². The number of carbonyl (C=O) groups is 1. The van der Waals surface area contributed by atoms with Gasteiger partial charge in [0, 0.05) is 24.2 Å². The Hall–Kier alpha value is -1.35. The number of amides is 1. The SMILES string of the molecule is CC1CC(C(=O)N2CCCc3ccccc32)CCN1. The lowest BCUT2D eigenvalue weighted by atomic mass is 9.90. The summed E-state index contributed by atoms with van der Waals surface area (Å²) in [5.74, 6) is 0.530. The van der Waals surface area contributed by atoms with E-state index in [1.807, 2.05) is 11.0 Å². The Morgan fingerprint density at radius 1 is 1.37 bits per heavy atom. The molecule has 1 fully saturated rings.